The van der Waals surface area contributed by atoms with E-state index in [4.69, 9.17) is 9.47 Å². The minimum Gasteiger partial charge on any atom is -0.480 e. The Morgan fingerprint density at radius 3 is 2.12 bits per heavy atom. The molecule has 0 aliphatic rings. The molecule has 0 aliphatic carbocycles. The third-order valence-corrected chi connectivity index (χ3v) is 3.27. The van der Waals surface area contributed by atoms with Crippen LogP contribution in [-0.4, -0.2) is 31.0 Å². The van der Waals surface area contributed by atoms with Crippen LogP contribution in [0, 0.1) is 0 Å². The molecule has 2 aromatic rings. The second kappa shape index (κ2) is 8.62. The van der Waals surface area contributed by atoms with Gasteiger partial charge in [0.25, 0.3) is 5.91 Å². The largest absolute Gasteiger partial charge is 0.480 e. The summed E-state index contributed by atoms with van der Waals surface area (Å²) in [4.78, 5) is 27.8. The van der Waals surface area contributed by atoms with Crippen molar-refractivity contribution in [3.63, 3.8) is 0 Å². The van der Waals surface area contributed by atoms with E-state index in [1.807, 2.05) is 48.5 Å². The van der Waals surface area contributed by atoms with Gasteiger partial charge < -0.3 is 9.47 Å². The zero-order chi connectivity index (χ0) is 17.4. The summed E-state index contributed by atoms with van der Waals surface area (Å²) < 4.78 is 10.3. The Morgan fingerprint density at radius 1 is 1.00 bits per heavy atom. The van der Waals surface area contributed by atoms with Crippen LogP contribution in [0.3, 0.4) is 0 Å². The zero-order valence-electron chi connectivity index (χ0n) is 13.6. The van der Waals surface area contributed by atoms with E-state index in [1.54, 1.807) is 12.1 Å². The van der Waals surface area contributed by atoms with Gasteiger partial charge in [0.05, 0.1) is 7.11 Å². The van der Waals surface area contributed by atoms with Crippen molar-refractivity contribution < 1.29 is 19.1 Å². The number of benzene rings is 2. The van der Waals surface area contributed by atoms with Crippen LogP contribution in [0.25, 0.3) is 0 Å². The Kier molecular flexibility index (Phi) is 6.25. The fourth-order valence-electron chi connectivity index (χ4n) is 2.19. The molecule has 0 fully saturated rings. The van der Waals surface area contributed by atoms with Crippen molar-refractivity contribution in [2.75, 3.05) is 7.11 Å². The molecule has 0 aliphatic heterocycles. The van der Waals surface area contributed by atoms with Crippen molar-refractivity contribution in [3.05, 3.63) is 71.8 Å². The lowest BCUT2D eigenvalue weighted by molar-refractivity contribution is -0.152. The van der Waals surface area contributed by atoms with Gasteiger partial charge in [-0.2, -0.15) is 4.99 Å². The summed E-state index contributed by atoms with van der Waals surface area (Å²) in [5.74, 6) is -0.904. The molecule has 0 radical (unpaired) electrons. The number of aliphatic imine (C=N–C) groups is 1. The fourth-order valence-corrected chi connectivity index (χ4v) is 2.19. The molecule has 0 bridgehead atoms. The molecular formula is C19H19NO4. The first-order chi connectivity index (χ1) is 11.6. The fraction of sp³-hybridized carbons (Fsp3) is 0.211. The van der Waals surface area contributed by atoms with Crippen LogP contribution < -0.4 is 0 Å². The average molecular weight is 325 g/mol. The second-order valence-corrected chi connectivity index (χ2v) is 5.11. The number of rotatable bonds is 5. The number of nitrogens with zero attached hydrogens (tertiary/aromatic N) is 1. The topological polar surface area (TPSA) is 65.0 Å². The van der Waals surface area contributed by atoms with E-state index in [2.05, 4.69) is 4.99 Å². The van der Waals surface area contributed by atoms with Gasteiger partial charge in [-0.1, -0.05) is 48.5 Å². The summed E-state index contributed by atoms with van der Waals surface area (Å²) >= 11 is 0. The first kappa shape index (κ1) is 17.4. The minimum absolute atomic E-state index is 0.186. The van der Waals surface area contributed by atoms with Crippen LogP contribution in [0.5, 0.6) is 0 Å². The van der Waals surface area contributed by atoms with E-state index in [-0.39, 0.29) is 12.3 Å². The van der Waals surface area contributed by atoms with Crippen molar-refractivity contribution in [1.82, 2.24) is 0 Å². The van der Waals surface area contributed by atoms with Gasteiger partial charge in [0.15, 0.2) is 6.10 Å². The van der Waals surface area contributed by atoms with E-state index in [0.717, 1.165) is 5.56 Å². The van der Waals surface area contributed by atoms with Gasteiger partial charge in [0, 0.05) is 18.9 Å². The number of carbonyl (C=O) groups excluding carboxylic acids is 2. The van der Waals surface area contributed by atoms with Crippen LogP contribution in [0.4, 0.5) is 0 Å². The Bertz CT molecular complexity index is 711. The maximum atomic E-state index is 12.5. The number of amides is 1. The van der Waals surface area contributed by atoms with Gasteiger partial charge in [-0.15, -0.1) is 0 Å². The van der Waals surface area contributed by atoms with E-state index < -0.39 is 18.0 Å². The third-order valence-electron chi connectivity index (χ3n) is 3.27. The Hall–Kier alpha value is -2.95. The molecule has 1 atom stereocenters. The third kappa shape index (κ3) is 5.05. The monoisotopic (exact) mass is 325 g/mol. The normalized spacial score (nSPS) is 12.3. The maximum absolute atomic E-state index is 12.5. The lowest BCUT2D eigenvalue weighted by atomic mass is 10.1. The van der Waals surface area contributed by atoms with Crippen molar-refractivity contribution in [1.29, 1.82) is 0 Å². The number of ether oxygens (including phenoxy) is 2. The van der Waals surface area contributed by atoms with Crippen LogP contribution in [0.2, 0.25) is 0 Å². The van der Waals surface area contributed by atoms with Gasteiger partial charge >= 0.3 is 5.97 Å². The highest BCUT2D eigenvalue weighted by atomic mass is 16.5. The van der Waals surface area contributed by atoms with Gasteiger partial charge in [0.1, 0.15) is 0 Å². The Balaban J connectivity index is 2.23. The maximum Gasteiger partial charge on any atom is 0.303 e. The van der Waals surface area contributed by atoms with E-state index in [9.17, 15) is 9.59 Å². The van der Waals surface area contributed by atoms with E-state index >= 15 is 0 Å². The molecule has 0 heterocycles. The van der Waals surface area contributed by atoms with Gasteiger partial charge in [0.2, 0.25) is 5.90 Å². The Labute approximate surface area is 140 Å². The SMILES string of the molecule is COC(=NC(=O)[C@H](Cc1ccccc1)OC(C)=O)c1ccccc1. The summed E-state index contributed by atoms with van der Waals surface area (Å²) in [7, 11) is 1.44. The quantitative estimate of drug-likeness (QED) is 0.482. The molecular weight excluding hydrogens is 306 g/mol. The molecule has 0 saturated heterocycles. The highest BCUT2D eigenvalue weighted by molar-refractivity contribution is 6.02. The zero-order valence-corrected chi connectivity index (χ0v) is 13.6. The molecule has 5 heteroatoms. The second-order valence-electron chi connectivity index (χ2n) is 5.11. The number of carbonyl (C=O) groups is 2. The summed E-state index contributed by atoms with van der Waals surface area (Å²) in [6.45, 7) is 1.27. The van der Waals surface area contributed by atoms with Gasteiger partial charge in [-0.05, 0) is 17.7 Å². The van der Waals surface area contributed by atoms with E-state index in [0.29, 0.717) is 5.56 Å². The number of hydrogen-bond donors (Lipinski definition) is 0. The predicted octanol–water partition coefficient (Wildman–Crippen LogP) is 2.78. The molecule has 0 saturated carbocycles. The molecule has 0 N–H and O–H groups in total. The highest BCUT2D eigenvalue weighted by Crippen LogP contribution is 2.10. The standard InChI is InChI=1S/C19H19NO4/c1-14(21)24-17(13-15-9-5-3-6-10-15)18(22)20-19(23-2)16-11-7-4-8-12-16/h3-12,17H,13H2,1-2H3/t17-/m0/s1. The molecule has 2 rings (SSSR count). The lowest BCUT2D eigenvalue weighted by Gasteiger charge is -2.14. The highest BCUT2D eigenvalue weighted by Gasteiger charge is 2.23. The summed E-state index contributed by atoms with van der Waals surface area (Å²) in [6.07, 6.45) is -0.729. The molecule has 124 valence electrons. The van der Waals surface area contributed by atoms with Gasteiger partial charge in [-0.25, -0.2) is 0 Å². The van der Waals surface area contributed by atoms with Crippen LogP contribution in [0.1, 0.15) is 18.1 Å². The summed E-state index contributed by atoms with van der Waals surface area (Å²) in [6, 6.07) is 18.4. The molecule has 0 aromatic heterocycles. The molecule has 2 aromatic carbocycles. The molecule has 5 nitrogen and oxygen atoms in total. The average Bonchev–Trinajstić information content (AvgIpc) is 2.60. The van der Waals surface area contributed by atoms with Gasteiger partial charge in [-0.3, -0.25) is 9.59 Å². The van der Waals surface area contributed by atoms with Crippen LogP contribution in [0.15, 0.2) is 65.7 Å². The lowest BCUT2D eigenvalue weighted by Crippen LogP contribution is -2.28. The van der Waals surface area contributed by atoms with Crippen molar-refractivity contribution in [2.24, 2.45) is 4.99 Å². The number of methoxy groups -OCH3 is 1. The van der Waals surface area contributed by atoms with Crippen molar-refractivity contribution >= 4 is 17.8 Å². The molecule has 24 heavy (non-hydrogen) atoms. The first-order valence-corrected chi connectivity index (χ1v) is 7.53. The van der Waals surface area contributed by atoms with Crippen molar-refractivity contribution in [3.8, 4) is 0 Å². The first-order valence-electron chi connectivity index (χ1n) is 7.53. The van der Waals surface area contributed by atoms with E-state index in [1.165, 1.54) is 14.0 Å². The summed E-state index contributed by atoms with van der Waals surface area (Å²) in [5.41, 5.74) is 1.56. The smallest absolute Gasteiger partial charge is 0.303 e. The number of hydrogen-bond acceptors (Lipinski definition) is 4. The Morgan fingerprint density at radius 2 is 1.58 bits per heavy atom. The van der Waals surface area contributed by atoms with Crippen LogP contribution >= 0.6 is 0 Å². The van der Waals surface area contributed by atoms with Crippen molar-refractivity contribution in [2.45, 2.75) is 19.4 Å². The number of esters is 1. The van der Waals surface area contributed by atoms with Crippen LogP contribution in [-0.2, 0) is 25.5 Å². The minimum atomic E-state index is -0.987. The molecule has 0 spiro atoms. The predicted molar refractivity (Wildman–Crippen MR) is 90.7 cm³/mol. The molecule has 0 unspecified atom stereocenters. The summed E-state index contributed by atoms with van der Waals surface area (Å²) in [5, 5.41) is 0. The molecule has 1 amide bonds.